The molecule has 3 nitrogen and oxygen atoms in total. The molecule has 0 aliphatic carbocycles. The molecule has 1 aromatic rings. The molecule has 1 unspecified atom stereocenters. The summed E-state index contributed by atoms with van der Waals surface area (Å²) in [5.74, 6) is 0.375. The first-order valence-corrected chi connectivity index (χ1v) is 5.50. The average Bonchev–Trinajstić information content (AvgIpc) is 2.19. The van der Waals surface area contributed by atoms with Crippen molar-refractivity contribution in [3.63, 3.8) is 0 Å². The Morgan fingerprint density at radius 2 is 1.81 bits per heavy atom. The highest BCUT2D eigenvalue weighted by Crippen LogP contribution is 2.33. The number of isocyanates is 1. The first-order chi connectivity index (χ1) is 7.43. The maximum Gasteiger partial charge on any atom is 0.248 e. The smallest absolute Gasteiger partial charge is 0.248 e. The van der Waals surface area contributed by atoms with E-state index in [-0.39, 0.29) is 0 Å². The fourth-order valence-electron chi connectivity index (χ4n) is 0.856. The van der Waals surface area contributed by atoms with Gasteiger partial charge in [0.25, 0.3) is 0 Å². The van der Waals surface area contributed by atoms with Gasteiger partial charge in [0.05, 0.1) is 0 Å². The quantitative estimate of drug-likeness (QED) is 0.484. The van der Waals surface area contributed by atoms with Crippen molar-refractivity contribution in [2.45, 2.75) is 10.0 Å². The molecule has 1 rings (SSSR count). The van der Waals surface area contributed by atoms with Crippen LogP contribution in [0.4, 0.5) is 0 Å². The van der Waals surface area contributed by atoms with Crippen molar-refractivity contribution < 1.29 is 9.53 Å². The molecule has 0 N–H and O–H groups in total. The number of nitrogens with zero attached hydrogens (tertiary/aromatic N) is 1. The molecule has 0 saturated heterocycles. The topological polar surface area (TPSA) is 38.7 Å². The Morgan fingerprint density at radius 1 is 1.25 bits per heavy atom. The molecule has 0 fully saturated rings. The molecule has 1 aromatic carbocycles. The van der Waals surface area contributed by atoms with E-state index in [0.29, 0.717) is 10.8 Å². The fraction of sp³-hybridized carbons (Fsp3) is 0.222. The lowest BCUT2D eigenvalue weighted by molar-refractivity contribution is 0.215. The van der Waals surface area contributed by atoms with Crippen LogP contribution in [0.25, 0.3) is 0 Å². The third-order valence-electron chi connectivity index (χ3n) is 1.51. The average molecular weight is 301 g/mol. The monoisotopic (exact) mass is 299 g/mol. The van der Waals surface area contributed by atoms with Crippen molar-refractivity contribution in [1.82, 2.24) is 0 Å². The van der Waals surface area contributed by atoms with Crippen LogP contribution in [0.2, 0.25) is 5.02 Å². The number of alkyl halides is 3. The second-order valence-corrected chi connectivity index (χ2v) is 5.49. The maximum atomic E-state index is 10.1. The standard InChI is InChI=1S/C9H5Cl4NO2/c10-6-1-3-7(4-2-6)16-8(14-5-15)9(11,12)13/h1-4,8H. The van der Waals surface area contributed by atoms with Gasteiger partial charge in [0.15, 0.2) is 0 Å². The van der Waals surface area contributed by atoms with Crippen molar-refractivity contribution >= 4 is 52.5 Å². The van der Waals surface area contributed by atoms with Gasteiger partial charge >= 0.3 is 0 Å². The first-order valence-electron chi connectivity index (χ1n) is 3.99. The molecule has 1 atom stereocenters. The normalized spacial score (nSPS) is 12.8. The Morgan fingerprint density at radius 3 is 2.25 bits per heavy atom. The summed E-state index contributed by atoms with van der Waals surface area (Å²) >= 11 is 22.4. The van der Waals surface area contributed by atoms with E-state index in [2.05, 4.69) is 4.99 Å². The zero-order chi connectivity index (χ0) is 12.2. The van der Waals surface area contributed by atoms with Crippen LogP contribution >= 0.6 is 46.4 Å². The second-order valence-electron chi connectivity index (χ2n) is 2.69. The van der Waals surface area contributed by atoms with Crippen LogP contribution in [-0.4, -0.2) is 16.1 Å². The summed E-state index contributed by atoms with van der Waals surface area (Å²) in [6.07, 6.45) is 0.0230. The minimum absolute atomic E-state index is 0.375. The summed E-state index contributed by atoms with van der Waals surface area (Å²) in [6, 6.07) is 6.31. The SMILES string of the molecule is O=C=NC(Oc1ccc(Cl)cc1)C(Cl)(Cl)Cl. The van der Waals surface area contributed by atoms with Crippen LogP contribution in [0.15, 0.2) is 29.3 Å². The minimum atomic E-state index is -1.85. The van der Waals surface area contributed by atoms with Gasteiger partial charge in [-0.15, -0.1) is 0 Å². The van der Waals surface area contributed by atoms with E-state index in [0.717, 1.165) is 0 Å². The number of aliphatic imine (C=N–C) groups is 1. The molecule has 0 aliphatic rings. The number of carbonyl (C=O) groups excluding carboxylic acids is 1. The molecule has 0 heterocycles. The highest BCUT2D eigenvalue weighted by molar-refractivity contribution is 6.68. The third-order valence-corrected chi connectivity index (χ3v) is 2.32. The van der Waals surface area contributed by atoms with Crippen LogP contribution in [0, 0.1) is 0 Å². The summed E-state index contributed by atoms with van der Waals surface area (Å²) in [4.78, 5) is 13.4. The lowest BCUT2D eigenvalue weighted by atomic mass is 10.3. The predicted octanol–water partition coefficient (Wildman–Crippen LogP) is 3.75. The molecule has 0 aliphatic heterocycles. The van der Waals surface area contributed by atoms with Crippen molar-refractivity contribution in [1.29, 1.82) is 0 Å². The third kappa shape index (κ3) is 4.20. The Bertz CT molecular complexity index is 395. The van der Waals surface area contributed by atoms with E-state index < -0.39 is 10.0 Å². The van der Waals surface area contributed by atoms with E-state index in [1.807, 2.05) is 0 Å². The van der Waals surface area contributed by atoms with E-state index in [1.54, 1.807) is 24.3 Å². The highest BCUT2D eigenvalue weighted by Gasteiger charge is 2.34. The van der Waals surface area contributed by atoms with Crippen molar-refractivity contribution in [2.24, 2.45) is 4.99 Å². The minimum Gasteiger partial charge on any atom is -0.463 e. The van der Waals surface area contributed by atoms with Gasteiger partial charge < -0.3 is 4.74 Å². The predicted molar refractivity (Wildman–Crippen MR) is 64.3 cm³/mol. The summed E-state index contributed by atoms with van der Waals surface area (Å²) in [5, 5.41) is 0.539. The van der Waals surface area contributed by atoms with E-state index >= 15 is 0 Å². The van der Waals surface area contributed by atoms with Crippen molar-refractivity contribution in [3.8, 4) is 5.75 Å². The summed E-state index contributed by atoms with van der Waals surface area (Å²) in [5.41, 5.74) is 0. The number of benzene rings is 1. The zero-order valence-corrected chi connectivity index (χ0v) is 10.7. The Hall–Kier alpha value is -0.440. The van der Waals surface area contributed by atoms with Gasteiger partial charge in [-0.05, 0) is 24.3 Å². The summed E-state index contributed by atoms with van der Waals surface area (Å²) in [7, 11) is 0. The Balaban J connectivity index is 2.84. The lowest BCUT2D eigenvalue weighted by Gasteiger charge is -2.20. The largest absolute Gasteiger partial charge is 0.463 e. The molecule has 0 spiro atoms. The Labute approximate surface area is 112 Å². The molecule has 7 heteroatoms. The van der Waals surface area contributed by atoms with Gasteiger partial charge in [0, 0.05) is 5.02 Å². The van der Waals surface area contributed by atoms with Gasteiger partial charge in [-0.2, -0.15) is 4.99 Å². The lowest BCUT2D eigenvalue weighted by Crippen LogP contribution is -2.29. The molecular weight excluding hydrogens is 296 g/mol. The van der Waals surface area contributed by atoms with E-state index in [1.165, 1.54) is 6.08 Å². The van der Waals surface area contributed by atoms with E-state index in [4.69, 9.17) is 51.1 Å². The number of hydrogen-bond donors (Lipinski definition) is 0. The van der Waals surface area contributed by atoms with Crippen LogP contribution in [-0.2, 0) is 4.79 Å². The van der Waals surface area contributed by atoms with Gasteiger partial charge in [0.1, 0.15) is 5.75 Å². The summed E-state index contributed by atoms with van der Waals surface area (Å²) in [6.45, 7) is 0. The fourth-order valence-corrected chi connectivity index (χ4v) is 1.26. The number of hydrogen-bond acceptors (Lipinski definition) is 3. The molecule has 86 valence electrons. The Kier molecular flexibility index (Phi) is 4.90. The summed E-state index contributed by atoms with van der Waals surface area (Å²) < 4.78 is 3.34. The molecule has 0 saturated carbocycles. The number of halogens is 4. The van der Waals surface area contributed by atoms with Gasteiger partial charge in [-0.25, -0.2) is 4.79 Å². The van der Waals surface area contributed by atoms with Crippen LogP contribution in [0.1, 0.15) is 0 Å². The number of rotatable bonds is 3. The molecule has 0 radical (unpaired) electrons. The number of ether oxygens (including phenoxy) is 1. The molecule has 0 bridgehead atoms. The van der Waals surface area contributed by atoms with Crippen molar-refractivity contribution in [2.75, 3.05) is 0 Å². The second kappa shape index (κ2) is 5.76. The van der Waals surface area contributed by atoms with Crippen LogP contribution in [0.5, 0.6) is 5.75 Å². The van der Waals surface area contributed by atoms with Crippen LogP contribution < -0.4 is 4.74 Å². The molecule has 0 amide bonds. The molecule has 0 aromatic heterocycles. The van der Waals surface area contributed by atoms with Crippen molar-refractivity contribution in [3.05, 3.63) is 29.3 Å². The first kappa shape index (κ1) is 13.6. The zero-order valence-electron chi connectivity index (χ0n) is 7.66. The van der Waals surface area contributed by atoms with Gasteiger partial charge in [-0.3, -0.25) is 0 Å². The van der Waals surface area contributed by atoms with Crippen LogP contribution in [0.3, 0.4) is 0 Å². The van der Waals surface area contributed by atoms with E-state index in [9.17, 15) is 4.79 Å². The maximum absolute atomic E-state index is 10.1. The molecule has 16 heavy (non-hydrogen) atoms. The van der Waals surface area contributed by atoms with Gasteiger partial charge in [-0.1, -0.05) is 46.4 Å². The van der Waals surface area contributed by atoms with Gasteiger partial charge in [0.2, 0.25) is 16.1 Å². The highest BCUT2D eigenvalue weighted by atomic mass is 35.6. The molecular formula is C9H5Cl4NO2.